The van der Waals surface area contributed by atoms with Crippen molar-refractivity contribution in [1.82, 2.24) is 0 Å². The van der Waals surface area contributed by atoms with E-state index in [9.17, 15) is 14.7 Å². The Labute approximate surface area is 122 Å². The van der Waals surface area contributed by atoms with Gasteiger partial charge in [0.2, 0.25) is 0 Å². The molecule has 108 valence electrons. The summed E-state index contributed by atoms with van der Waals surface area (Å²) >= 11 is 0. The van der Waals surface area contributed by atoms with Crippen molar-refractivity contribution in [3.05, 3.63) is 71.3 Å². The third-order valence-electron chi connectivity index (χ3n) is 3.39. The lowest BCUT2D eigenvalue weighted by Crippen LogP contribution is -2.20. The highest BCUT2D eigenvalue weighted by molar-refractivity contribution is 5.89. The Bertz CT molecular complexity index is 634. The van der Waals surface area contributed by atoms with Gasteiger partial charge in [-0.15, -0.1) is 0 Å². The van der Waals surface area contributed by atoms with Crippen molar-refractivity contribution in [1.29, 1.82) is 0 Å². The lowest BCUT2D eigenvalue weighted by molar-refractivity contribution is -0.141. The van der Waals surface area contributed by atoms with Gasteiger partial charge in [-0.2, -0.15) is 0 Å². The van der Waals surface area contributed by atoms with Crippen LogP contribution in [0, 0.1) is 5.92 Å². The van der Waals surface area contributed by atoms with Crippen LogP contribution in [0.1, 0.15) is 21.5 Å². The molecule has 0 aliphatic carbocycles. The Morgan fingerprint density at radius 1 is 0.857 bits per heavy atom. The number of carboxylic acids is 2. The first kappa shape index (κ1) is 14.8. The van der Waals surface area contributed by atoms with Gasteiger partial charge < -0.3 is 10.2 Å². The van der Waals surface area contributed by atoms with E-state index in [0.717, 1.165) is 5.56 Å². The van der Waals surface area contributed by atoms with Gasteiger partial charge in [0, 0.05) is 0 Å². The molecule has 2 N–H and O–H groups in total. The average molecular weight is 284 g/mol. The van der Waals surface area contributed by atoms with Crippen LogP contribution in [0.15, 0.2) is 54.6 Å². The van der Waals surface area contributed by atoms with Gasteiger partial charge >= 0.3 is 11.9 Å². The number of benzene rings is 2. The highest BCUT2D eigenvalue weighted by Crippen LogP contribution is 2.18. The highest BCUT2D eigenvalue weighted by Gasteiger charge is 2.21. The summed E-state index contributed by atoms with van der Waals surface area (Å²) in [6.07, 6.45) is 0.580. The van der Waals surface area contributed by atoms with E-state index >= 15 is 0 Å². The molecule has 0 aromatic heterocycles. The van der Waals surface area contributed by atoms with Gasteiger partial charge in [-0.25, -0.2) is 4.79 Å². The average Bonchev–Trinajstić information content (AvgIpc) is 2.48. The molecule has 1 atom stereocenters. The zero-order valence-electron chi connectivity index (χ0n) is 11.4. The van der Waals surface area contributed by atoms with E-state index in [2.05, 4.69) is 0 Å². The van der Waals surface area contributed by atoms with Crippen LogP contribution in [0.2, 0.25) is 0 Å². The lowest BCUT2D eigenvalue weighted by Gasteiger charge is -2.14. The summed E-state index contributed by atoms with van der Waals surface area (Å²) in [6, 6.07) is 15.9. The van der Waals surface area contributed by atoms with Crippen LogP contribution in [-0.2, 0) is 17.6 Å². The molecule has 0 aliphatic rings. The number of hydrogen-bond acceptors (Lipinski definition) is 2. The van der Waals surface area contributed by atoms with Gasteiger partial charge in [-0.3, -0.25) is 4.79 Å². The number of aliphatic carboxylic acids is 1. The summed E-state index contributed by atoms with van der Waals surface area (Å²) in [5.41, 5.74) is 1.64. The maximum atomic E-state index is 11.4. The Morgan fingerprint density at radius 2 is 1.48 bits per heavy atom. The highest BCUT2D eigenvalue weighted by atomic mass is 16.4. The second kappa shape index (κ2) is 6.70. The molecule has 1 unspecified atom stereocenters. The quantitative estimate of drug-likeness (QED) is 0.855. The minimum Gasteiger partial charge on any atom is -0.481 e. The molecule has 0 bridgehead atoms. The van der Waals surface area contributed by atoms with E-state index in [1.807, 2.05) is 30.3 Å². The van der Waals surface area contributed by atoms with Gasteiger partial charge in [0.1, 0.15) is 0 Å². The molecule has 4 nitrogen and oxygen atoms in total. The van der Waals surface area contributed by atoms with Crippen molar-refractivity contribution in [3.63, 3.8) is 0 Å². The van der Waals surface area contributed by atoms with Crippen LogP contribution < -0.4 is 0 Å². The molecule has 0 saturated carbocycles. The molecule has 0 aliphatic heterocycles. The molecule has 4 heteroatoms. The molecule has 0 radical (unpaired) electrons. The molecule has 2 aromatic rings. The van der Waals surface area contributed by atoms with E-state index < -0.39 is 17.9 Å². The maximum Gasteiger partial charge on any atom is 0.335 e. The van der Waals surface area contributed by atoms with E-state index in [4.69, 9.17) is 5.11 Å². The summed E-state index contributed by atoms with van der Waals surface area (Å²) in [7, 11) is 0. The van der Waals surface area contributed by atoms with Crippen molar-refractivity contribution in [2.24, 2.45) is 5.92 Å². The Hall–Kier alpha value is -2.62. The smallest absolute Gasteiger partial charge is 0.335 e. The Morgan fingerprint density at radius 3 is 2.10 bits per heavy atom. The van der Waals surface area contributed by atoms with Crippen molar-refractivity contribution >= 4 is 11.9 Å². The number of carboxylic acid groups (broad SMARTS) is 2. The third-order valence-corrected chi connectivity index (χ3v) is 3.39. The second-order valence-electron chi connectivity index (χ2n) is 4.89. The van der Waals surface area contributed by atoms with Gasteiger partial charge in [0.05, 0.1) is 11.5 Å². The van der Waals surface area contributed by atoms with E-state index in [1.165, 1.54) is 6.07 Å². The summed E-state index contributed by atoms with van der Waals surface area (Å²) < 4.78 is 0. The Balaban J connectivity index is 2.21. The van der Waals surface area contributed by atoms with E-state index in [-0.39, 0.29) is 12.0 Å². The summed E-state index contributed by atoms with van der Waals surface area (Å²) in [4.78, 5) is 22.6. The van der Waals surface area contributed by atoms with E-state index in [0.29, 0.717) is 12.0 Å². The van der Waals surface area contributed by atoms with Gasteiger partial charge in [0.15, 0.2) is 0 Å². The third kappa shape index (κ3) is 3.92. The monoisotopic (exact) mass is 284 g/mol. The predicted octanol–water partition coefficient (Wildman–Crippen LogP) is 2.87. The van der Waals surface area contributed by atoms with Gasteiger partial charge in [0.25, 0.3) is 0 Å². The van der Waals surface area contributed by atoms with Crippen LogP contribution in [0.5, 0.6) is 0 Å². The zero-order valence-corrected chi connectivity index (χ0v) is 11.4. The molecule has 0 fully saturated rings. The molecule has 2 rings (SSSR count). The van der Waals surface area contributed by atoms with Crippen LogP contribution >= 0.6 is 0 Å². The van der Waals surface area contributed by atoms with Crippen LogP contribution in [-0.4, -0.2) is 22.2 Å². The van der Waals surface area contributed by atoms with Crippen LogP contribution in [0.3, 0.4) is 0 Å². The molecular weight excluding hydrogens is 268 g/mol. The predicted molar refractivity (Wildman–Crippen MR) is 78.4 cm³/mol. The first-order valence-corrected chi connectivity index (χ1v) is 6.66. The van der Waals surface area contributed by atoms with Crippen molar-refractivity contribution in [2.45, 2.75) is 12.8 Å². The van der Waals surface area contributed by atoms with Crippen molar-refractivity contribution < 1.29 is 19.8 Å². The topological polar surface area (TPSA) is 74.6 Å². The minimum atomic E-state index is -1.03. The fourth-order valence-corrected chi connectivity index (χ4v) is 2.32. The number of hydrogen-bond donors (Lipinski definition) is 2. The molecule has 0 spiro atoms. The van der Waals surface area contributed by atoms with Crippen molar-refractivity contribution in [2.75, 3.05) is 0 Å². The molecule has 21 heavy (non-hydrogen) atoms. The molecule has 0 saturated heterocycles. The number of rotatable bonds is 6. The molecule has 0 heterocycles. The summed E-state index contributed by atoms with van der Waals surface area (Å²) in [6.45, 7) is 0. The fraction of sp³-hybridized carbons (Fsp3) is 0.176. The number of carbonyl (C=O) groups is 2. The first-order chi connectivity index (χ1) is 10.1. The van der Waals surface area contributed by atoms with Crippen LogP contribution in [0.25, 0.3) is 0 Å². The van der Waals surface area contributed by atoms with Crippen molar-refractivity contribution in [3.8, 4) is 0 Å². The van der Waals surface area contributed by atoms with Crippen LogP contribution in [0.4, 0.5) is 0 Å². The lowest BCUT2D eigenvalue weighted by atomic mass is 9.90. The SMILES string of the molecule is O=C(O)c1ccccc1CC(Cc1ccccc1)C(=O)O. The summed E-state index contributed by atoms with van der Waals surface area (Å²) in [5, 5.41) is 18.5. The largest absolute Gasteiger partial charge is 0.481 e. The molecule has 0 amide bonds. The minimum absolute atomic E-state index is 0.164. The number of aromatic carboxylic acids is 1. The molecule has 2 aromatic carbocycles. The second-order valence-corrected chi connectivity index (χ2v) is 4.89. The fourth-order valence-electron chi connectivity index (χ4n) is 2.32. The van der Waals surface area contributed by atoms with Gasteiger partial charge in [-0.1, -0.05) is 48.5 Å². The maximum absolute atomic E-state index is 11.4. The van der Waals surface area contributed by atoms with E-state index in [1.54, 1.807) is 18.2 Å². The standard InChI is InChI=1S/C17H16O4/c18-16(19)14(10-12-6-2-1-3-7-12)11-13-8-4-5-9-15(13)17(20)21/h1-9,14H,10-11H2,(H,18,19)(H,20,21). The zero-order chi connectivity index (χ0) is 15.2. The first-order valence-electron chi connectivity index (χ1n) is 6.66. The normalized spacial score (nSPS) is 11.8. The van der Waals surface area contributed by atoms with Gasteiger partial charge in [-0.05, 0) is 30.0 Å². The summed E-state index contributed by atoms with van der Waals surface area (Å²) in [5.74, 6) is -2.60. The Kier molecular flexibility index (Phi) is 4.72. The molecular formula is C17H16O4.